The zero-order valence-corrected chi connectivity index (χ0v) is 4.01. The van der Waals surface area contributed by atoms with Crippen molar-refractivity contribution < 1.29 is 4.79 Å². The van der Waals surface area contributed by atoms with Crippen LogP contribution in [0.1, 0.15) is 0 Å². The van der Waals surface area contributed by atoms with Crippen molar-refractivity contribution in [2.24, 2.45) is 10.7 Å². The summed E-state index contributed by atoms with van der Waals surface area (Å²) < 4.78 is 0. The number of guanidine groups is 1. The molecule has 0 aromatic carbocycles. The number of nitrogens with zero attached hydrogens (tertiary/aromatic N) is 1. The van der Waals surface area contributed by atoms with E-state index in [1.165, 1.54) is 7.05 Å². The van der Waals surface area contributed by atoms with Crippen molar-refractivity contribution in [3.05, 3.63) is 0 Å². The van der Waals surface area contributed by atoms with E-state index in [0.29, 0.717) is 6.41 Å². The highest BCUT2D eigenvalue weighted by Crippen LogP contribution is 1.49. The van der Waals surface area contributed by atoms with Gasteiger partial charge in [-0.25, -0.2) is 0 Å². The van der Waals surface area contributed by atoms with Gasteiger partial charge in [-0.3, -0.25) is 15.1 Å². The summed E-state index contributed by atoms with van der Waals surface area (Å²) in [5.74, 6) is 0.134. The number of hydrogen-bond acceptors (Lipinski definition) is 2. The molecule has 0 aliphatic heterocycles. The Morgan fingerprint density at radius 1 is 2.00 bits per heavy atom. The second-order valence-electron chi connectivity index (χ2n) is 0.871. The summed E-state index contributed by atoms with van der Waals surface area (Å²) in [6.07, 6.45) is 0.475. The molecule has 0 unspecified atom stereocenters. The molecule has 0 fully saturated rings. The second kappa shape index (κ2) is 3.14. The van der Waals surface area contributed by atoms with Crippen LogP contribution in [0.3, 0.4) is 0 Å². The highest BCUT2D eigenvalue weighted by molar-refractivity contribution is 5.86. The van der Waals surface area contributed by atoms with E-state index < -0.39 is 0 Å². The molecule has 0 heterocycles. The molecular weight excluding hydrogens is 94.1 g/mol. The van der Waals surface area contributed by atoms with Gasteiger partial charge in [0.2, 0.25) is 6.41 Å². The van der Waals surface area contributed by atoms with Gasteiger partial charge in [0.05, 0.1) is 0 Å². The monoisotopic (exact) mass is 101 g/mol. The fourth-order valence-corrected chi connectivity index (χ4v) is 0.125. The maximum atomic E-state index is 9.50. The molecule has 0 aromatic rings. The zero-order valence-electron chi connectivity index (χ0n) is 4.01. The van der Waals surface area contributed by atoms with Crippen LogP contribution in [0.5, 0.6) is 0 Å². The molecule has 0 aromatic heterocycles. The molecule has 0 saturated carbocycles. The van der Waals surface area contributed by atoms with Crippen molar-refractivity contribution in [2.75, 3.05) is 7.05 Å². The van der Waals surface area contributed by atoms with Crippen molar-refractivity contribution in [3.63, 3.8) is 0 Å². The molecule has 0 saturated heterocycles. The summed E-state index contributed by atoms with van der Waals surface area (Å²) >= 11 is 0. The fraction of sp³-hybridized carbons (Fsp3) is 0.333. The first kappa shape index (κ1) is 5.94. The van der Waals surface area contributed by atoms with Gasteiger partial charge in [0.15, 0.2) is 5.96 Å². The molecule has 0 radical (unpaired) electrons. The molecule has 40 valence electrons. The van der Waals surface area contributed by atoms with Gasteiger partial charge >= 0.3 is 0 Å². The van der Waals surface area contributed by atoms with E-state index in [-0.39, 0.29) is 5.96 Å². The Hall–Kier alpha value is -1.06. The van der Waals surface area contributed by atoms with Crippen LogP contribution in [0, 0.1) is 0 Å². The van der Waals surface area contributed by atoms with Gasteiger partial charge < -0.3 is 5.73 Å². The lowest BCUT2D eigenvalue weighted by Crippen LogP contribution is -2.29. The molecule has 7 heavy (non-hydrogen) atoms. The second-order valence-corrected chi connectivity index (χ2v) is 0.871. The summed E-state index contributed by atoms with van der Waals surface area (Å²) in [5.41, 5.74) is 4.99. The van der Waals surface area contributed by atoms with Crippen LogP contribution in [0.15, 0.2) is 4.99 Å². The largest absolute Gasteiger partial charge is 0.370 e. The van der Waals surface area contributed by atoms with E-state index in [1.54, 1.807) is 0 Å². The summed E-state index contributed by atoms with van der Waals surface area (Å²) in [6, 6.07) is 0. The molecule has 0 spiro atoms. The number of carbonyl (C=O) groups is 1. The first-order chi connectivity index (χ1) is 3.31. The van der Waals surface area contributed by atoms with Crippen LogP contribution in [0.4, 0.5) is 0 Å². The lowest BCUT2D eigenvalue weighted by atomic mass is 11.0. The molecule has 0 bridgehead atoms. The van der Waals surface area contributed by atoms with Crippen LogP contribution in [-0.2, 0) is 4.79 Å². The van der Waals surface area contributed by atoms with Crippen molar-refractivity contribution in [3.8, 4) is 0 Å². The zero-order chi connectivity index (χ0) is 5.70. The summed E-state index contributed by atoms with van der Waals surface area (Å²) in [5, 5.41) is 2.14. The van der Waals surface area contributed by atoms with Gasteiger partial charge in [-0.1, -0.05) is 0 Å². The number of amides is 1. The van der Waals surface area contributed by atoms with Crippen molar-refractivity contribution in [1.82, 2.24) is 5.32 Å². The summed E-state index contributed by atoms with van der Waals surface area (Å²) in [6.45, 7) is 0. The molecule has 0 atom stereocenters. The Morgan fingerprint density at radius 2 is 2.57 bits per heavy atom. The van der Waals surface area contributed by atoms with E-state index in [9.17, 15) is 4.79 Å². The van der Waals surface area contributed by atoms with E-state index in [0.717, 1.165) is 0 Å². The summed E-state index contributed by atoms with van der Waals surface area (Å²) in [4.78, 5) is 12.9. The Bertz CT molecular complexity index is 88.2. The first-order valence-corrected chi connectivity index (χ1v) is 1.73. The maximum Gasteiger partial charge on any atom is 0.213 e. The third kappa shape index (κ3) is 2.75. The Morgan fingerprint density at radius 3 is 2.71 bits per heavy atom. The summed E-state index contributed by atoms with van der Waals surface area (Å²) in [7, 11) is 1.49. The van der Waals surface area contributed by atoms with Crippen molar-refractivity contribution in [2.45, 2.75) is 0 Å². The Labute approximate surface area is 41.4 Å². The quantitative estimate of drug-likeness (QED) is 0.244. The van der Waals surface area contributed by atoms with E-state index >= 15 is 0 Å². The number of nitrogens with two attached hydrogens (primary N) is 1. The number of hydrogen-bond donors (Lipinski definition) is 2. The maximum absolute atomic E-state index is 9.50. The van der Waals surface area contributed by atoms with Crippen LogP contribution < -0.4 is 11.1 Å². The van der Waals surface area contributed by atoms with Crippen LogP contribution in [0.2, 0.25) is 0 Å². The molecule has 3 N–H and O–H groups in total. The van der Waals surface area contributed by atoms with Gasteiger partial charge in [0.1, 0.15) is 0 Å². The van der Waals surface area contributed by atoms with Crippen LogP contribution in [0.25, 0.3) is 0 Å². The lowest BCUT2D eigenvalue weighted by Gasteiger charge is -1.89. The lowest BCUT2D eigenvalue weighted by molar-refractivity contribution is -0.108. The van der Waals surface area contributed by atoms with E-state index in [4.69, 9.17) is 5.73 Å². The van der Waals surface area contributed by atoms with Gasteiger partial charge in [0.25, 0.3) is 0 Å². The average molecular weight is 101 g/mol. The normalized spacial score (nSPS) is 10.7. The molecule has 4 nitrogen and oxygen atoms in total. The average Bonchev–Trinajstić information content (AvgIpc) is 1.68. The van der Waals surface area contributed by atoms with Crippen LogP contribution >= 0.6 is 0 Å². The molecule has 0 aliphatic rings. The number of carbonyl (C=O) groups excluding carboxylic acids is 1. The number of aliphatic imine (C=N–C) groups is 1. The van der Waals surface area contributed by atoms with Crippen LogP contribution in [-0.4, -0.2) is 19.4 Å². The SMILES string of the molecule is CN=C(N)NC=O. The smallest absolute Gasteiger partial charge is 0.213 e. The molecular formula is C3H7N3O. The number of nitrogens with one attached hydrogen (secondary N) is 1. The minimum absolute atomic E-state index is 0.134. The fourth-order valence-electron chi connectivity index (χ4n) is 0.125. The van der Waals surface area contributed by atoms with Crippen molar-refractivity contribution >= 4 is 12.4 Å². The predicted octanol–water partition coefficient (Wildman–Crippen LogP) is -1.32. The van der Waals surface area contributed by atoms with E-state index in [1.807, 2.05) is 0 Å². The van der Waals surface area contributed by atoms with Gasteiger partial charge in [0, 0.05) is 7.05 Å². The minimum Gasteiger partial charge on any atom is -0.370 e. The standard InChI is InChI=1S/C3H7N3O/c1-5-3(4)6-2-7/h2H,1H3,(H3,4,5,6,7). The Balaban J connectivity index is 3.36. The molecule has 1 amide bonds. The van der Waals surface area contributed by atoms with Gasteiger partial charge in [-0.2, -0.15) is 0 Å². The first-order valence-electron chi connectivity index (χ1n) is 1.73. The molecule has 0 rings (SSSR count). The minimum atomic E-state index is 0.134. The third-order valence-corrected chi connectivity index (χ3v) is 0.448. The topological polar surface area (TPSA) is 67.5 Å². The van der Waals surface area contributed by atoms with Crippen molar-refractivity contribution in [1.29, 1.82) is 0 Å². The highest BCUT2D eigenvalue weighted by Gasteiger charge is 1.77. The van der Waals surface area contributed by atoms with Gasteiger partial charge in [-0.05, 0) is 0 Å². The Kier molecular flexibility index (Phi) is 2.67. The molecule has 4 heteroatoms. The predicted molar refractivity (Wildman–Crippen MR) is 26.7 cm³/mol. The number of rotatable bonds is 1. The molecule has 0 aliphatic carbocycles. The van der Waals surface area contributed by atoms with E-state index in [2.05, 4.69) is 10.3 Å². The highest BCUT2D eigenvalue weighted by atomic mass is 16.1. The third-order valence-electron chi connectivity index (χ3n) is 0.448. The van der Waals surface area contributed by atoms with Gasteiger partial charge in [-0.15, -0.1) is 0 Å².